The fourth-order valence-corrected chi connectivity index (χ4v) is 3.66. The number of aromatic nitrogens is 2. The first-order chi connectivity index (χ1) is 12.4. The molecule has 2 N–H and O–H groups in total. The van der Waals surface area contributed by atoms with Crippen molar-refractivity contribution in [1.29, 1.82) is 0 Å². The number of nitrogens with zero attached hydrogens (tertiary/aromatic N) is 3. The van der Waals surface area contributed by atoms with Gasteiger partial charge in [-0.3, -0.25) is 9.48 Å². The molecular weight excluding hydrogens is 360 g/mol. The molecule has 1 aliphatic heterocycles. The maximum atomic E-state index is 12.5. The van der Waals surface area contributed by atoms with Gasteiger partial charge in [0.15, 0.2) is 0 Å². The largest absolute Gasteiger partial charge is 0.343 e. The Labute approximate surface area is 168 Å². The molecule has 5 nitrogen and oxygen atoms in total. The third-order valence-electron chi connectivity index (χ3n) is 5.47. The van der Waals surface area contributed by atoms with E-state index < -0.39 is 0 Å². The van der Waals surface area contributed by atoms with Crippen LogP contribution in [0.15, 0.2) is 24.3 Å². The number of hydrogen-bond donors (Lipinski definition) is 1. The van der Waals surface area contributed by atoms with Gasteiger partial charge in [-0.15, -0.1) is 12.4 Å². The first-order valence-electron chi connectivity index (χ1n) is 9.56. The average Bonchev–Trinajstić information content (AvgIpc) is 2.89. The number of likely N-dealkylation sites (tertiary alicyclic amines) is 1. The number of hydrogen-bond acceptors (Lipinski definition) is 3. The molecule has 27 heavy (non-hydrogen) atoms. The Bertz CT molecular complexity index is 761. The molecule has 1 aromatic heterocycles. The normalized spacial score (nSPS) is 14.9. The van der Waals surface area contributed by atoms with Crippen molar-refractivity contribution >= 4 is 18.3 Å². The molecule has 1 amide bonds. The standard InChI is InChI=1S/C21H30N4O.ClH/c1-15-4-6-18(7-5-15)14-25-17(3)20(16(2)23-25)8-9-21(26)24-12-10-19(22)11-13-24;/h4-7,19H,8-14,22H2,1-3H3;1H. The summed E-state index contributed by atoms with van der Waals surface area (Å²) in [6.07, 6.45) is 3.14. The van der Waals surface area contributed by atoms with Gasteiger partial charge in [-0.25, -0.2) is 0 Å². The minimum atomic E-state index is 0. The summed E-state index contributed by atoms with van der Waals surface area (Å²) < 4.78 is 2.06. The van der Waals surface area contributed by atoms with Crippen molar-refractivity contribution in [2.45, 2.75) is 59.0 Å². The number of aryl methyl sites for hydroxylation is 2. The van der Waals surface area contributed by atoms with Crippen molar-refractivity contribution < 1.29 is 4.79 Å². The number of nitrogens with two attached hydrogens (primary N) is 1. The van der Waals surface area contributed by atoms with Crippen LogP contribution in [0.4, 0.5) is 0 Å². The molecule has 148 valence electrons. The molecule has 0 unspecified atom stereocenters. The SMILES string of the molecule is Cc1ccc(Cn2nc(C)c(CCC(=O)N3CCC(N)CC3)c2C)cc1.Cl. The van der Waals surface area contributed by atoms with E-state index in [0.29, 0.717) is 6.42 Å². The third kappa shape index (κ3) is 5.33. The third-order valence-corrected chi connectivity index (χ3v) is 5.47. The molecule has 1 fully saturated rings. The van der Waals surface area contributed by atoms with Crippen molar-refractivity contribution in [3.05, 3.63) is 52.3 Å². The second-order valence-electron chi connectivity index (χ2n) is 7.51. The van der Waals surface area contributed by atoms with E-state index in [0.717, 1.165) is 50.3 Å². The zero-order chi connectivity index (χ0) is 18.7. The number of carbonyl (C=O) groups is 1. The van der Waals surface area contributed by atoms with Crippen molar-refractivity contribution in [2.24, 2.45) is 5.73 Å². The molecule has 0 saturated carbocycles. The van der Waals surface area contributed by atoms with Crippen LogP contribution in [0.25, 0.3) is 0 Å². The zero-order valence-electron chi connectivity index (χ0n) is 16.6. The molecule has 2 heterocycles. The molecule has 3 rings (SSSR count). The van der Waals surface area contributed by atoms with Crippen LogP contribution < -0.4 is 5.73 Å². The number of rotatable bonds is 5. The number of halogens is 1. The minimum Gasteiger partial charge on any atom is -0.343 e. The Balaban J connectivity index is 0.00000261. The first kappa shape index (κ1) is 21.5. The fraction of sp³-hybridized carbons (Fsp3) is 0.524. The van der Waals surface area contributed by atoms with Crippen molar-refractivity contribution in [3.63, 3.8) is 0 Å². The molecule has 1 saturated heterocycles. The molecule has 0 atom stereocenters. The number of carbonyl (C=O) groups excluding carboxylic acids is 1. The molecule has 0 radical (unpaired) electrons. The molecule has 0 spiro atoms. The van der Waals surface area contributed by atoms with Crippen LogP contribution >= 0.6 is 12.4 Å². The molecule has 1 aromatic carbocycles. The van der Waals surface area contributed by atoms with Crippen LogP contribution in [0.1, 0.15) is 47.3 Å². The Morgan fingerprint density at radius 1 is 1.15 bits per heavy atom. The monoisotopic (exact) mass is 390 g/mol. The van der Waals surface area contributed by atoms with Gasteiger partial charge < -0.3 is 10.6 Å². The van der Waals surface area contributed by atoms with Crippen molar-refractivity contribution in [2.75, 3.05) is 13.1 Å². The Morgan fingerprint density at radius 2 is 1.78 bits per heavy atom. The molecule has 1 aliphatic rings. The molecule has 0 aliphatic carbocycles. The molecule has 6 heteroatoms. The summed E-state index contributed by atoms with van der Waals surface area (Å²) in [5.74, 6) is 0.238. The zero-order valence-corrected chi connectivity index (χ0v) is 17.4. The first-order valence-corrected chi connectivity index (χ1v) is 9.56. The predicted molar refractivity (Wildman–Crippen MR) is 111 cm³/mol. The average molecular weight is 391 g/mol. The highest BCUT2D eigenvalue weighted by molar-refractivity contribution is 5.85. The van der Waals surface area contributed by atoms with E-state index >= 15 is 0 Å². The summed E-state index contributed by atoms with van der Waals surface area (Å²) in [5.41, 5.74) is 11.8. The number of piperidine rings is 1. The van der Waals surface area contributed by atoms with Crippen LogP contribution in [0, 0.1) is 20.8 Å². The van der Waals surface area contributed by atoms with Crippen LogP contribution in [0.2, 0.25) is 0 Å². The van der Waals surface area contributed by atoms with E-state index in [1.807, 2.05) is 11.8 Å². The van der Waals surface area contributed by atoms with Crippen molar-refractivity contribution in [1.82, 2.24) is 14.7 Å². The quantitative estimate of drug-likeness (QED) is 0.852. The van der Waals surface area contributed by atoms with Gasteiger partial charge in [0.1, 0.15) is 0 Å². The number of amides is 1. The van der Waals surface area contributed by atoms with E-state index in [1.54, 1.807) is 0 Å². The van der Waals surface area contributed by atoms with Gasteiger partial charge in [0, 0.05) is 31.2 Å². The smallest absolute Gasteiger partial charge is 0.222 e. The van der Waals surface area contributed by atoms with Crippen molar-refractivity contribution in [3.8, 4) is 0 Å². The second kappa shape index (κ2) is 9.38. The van der Waals surface area contributed by atoms with Gasteiger partial charge in [0.25, 0.3) is 0 Å². The Kier molecular flexibility index (Phi) is 7.45. The molecule has 2 aromatic rings. The van der Waals surface area contributed by atoms with E-state index in [4.69, 9.17) is 10.8 Å². The maximum Gasteiger partial charge on any atom is 0.222 e. The number of benzene rings is 1. The van der Waals surface area contributed by atoms with Gasteiger partial charge in [0.05, 0.1) is 12.2 Å². The van der Waals surface area contributed by atoms with E-state index in [9.17, 15) is 4.79 Å². The van der Waals surface area contributed by atoms with Gasteiger partial charge in [-0.05, 0) is 51.2 Å². The van der Waals surface area contributed by atoms with Gasteiger partial charge in [-0.2, -0.15) is 5.10 Å². The van der Waals surface area contributed by atoms with Crippen LogP contribution in [0.3, 0.4) is 0 Å². The van der Waals surface area contributed by atoms with Gasteiger partial charge in [-0.1, -0.05) is 29.8 Å². The molecule has 0 bridgehead atoms. The molecular formula is C21H31ClN4O. The summed E-state index contributed by atoms with van der Waals surface area (Å²) in [7, 11) is 0. The summed E-state index contributed by atoms with van der Waals surface area (Å²) >= 11 is 0. The highest BCUT2D eigenvalue weighted by Gasteiger charge is 2.21. The van der Waals surface area contributed by atoms with Crippen LogP contribution in [-0.2, 0) is 17.8 Å². The van der Waals surface area contributed by atoms with Gasteiger partial charge >= 0.3 is 0 Å². The highest BCUT2D eigenvalue weighted by Crippen LogP contribution is 2.18. The second-order valence-corrected chi connectivity index (χ2v) is 7.51. The summed E-state index contributed by atoms with van der Waals surface area (Å²) in [6, 6.07) is 8.81. The summed E-state index contributed by atoms with van der Waals surface area (Å²) in [4.78, 5) is 14.5. The van der Waals surface area contributed by atoms with E-state index in [-0.39, 0.29) is 24.4 Å². The van der Waals surface area contributed by atoms with Gasteiger partial charge in [0.2, 0.25) is 5.91 Å². The lowest BCUT2D eigenvalue weighted by Crippen LogP contribution is -2.42. The van der Waals surface area contributed by atoms with Crippen LogP contribution in [0.5, 0.6) is 0 Å². The Hall–Kier alpha value is -1.85. The lowest BCUT2D eigenvalue weighted by atomic mass is 10.0. The lowest BCUT2D eigenvalue weighted by Gasteiger charge is -2.30. The summed E-state index contributed by atoms with van der Waals surface area (Å²) in [6.45, 7) is 8.60. The summed E-state index contributed by atoms with van der Waals surface area (Å²) in [5, 5.41) is 4.70. The predicted octanol–water partition coefficient (Wildman–Crippen LogP) is 3.16. The highest BCUT2D eigenvalue weighted by atomic mass is 35.5. The maximum absolute atomic E-state index is 12.5. The van der Waals surface area contributed by atoms with E-state index in [1.165, 1.54) is 16.7 Å². The fourth-order valence-electron chi connectivity index (χ4n) is 3.66. The topological polar surface area (TPSA) is 64.2 Å². The van der Waals surface area contributed by atoms with E-state index in [2.05, 4.69) is 42.8 Å². The Morgan fingerprint density at radius 3 is 2.41 bits per heavy atom. The minimum absolute atomic E-state index is 0. The lowest BCUT2D eigenvalue weighted by molar-refractivity contribution is -0.132. The van der Waals surface area contributed by atoms with Crippen LogP contribution in [-0.4, -0.2) is 39.7 Å².